The van der Waals surface area contributed by atoms with Gasteiger partial charge in [0, 0.05) is 30.2 Å². The SMILES string of the molecule is CC(O)CC(C)(C)CNC(=O)NCCc1c[nH]c2ccc(F)cc12. The van der Waals surface area contributed by atoms with Gasteiger partial charge < -0.3 is 20.7 Å². The molecular formula is C18H26FN3O2. The average molecular weight is 335 g/mol. The highest BCUT2D eigenvalue weighted by atomic mass is 19.1. The highest BCUT2D eigenvalue weighted by Crippen LogP contribution is 2.21. The number of aromatic amines is 1. The summed E-state index contributed by atoms with van der Waals surface area (Å²) in [6.45, 7) is 6.70. The number of fused-ring (bicyclic) bond motifs is 1. The first-order valence-corrected chi connectivity index (χ1v) is 8.22. The number of amides is 2. The van der Waals surface area contributed by atoms with Crippen LogP contribution >= 0.6 is 0 Å². The second-order valence-corrected chi connectivity index (χ2v) is 7.08. The third kappa shape index (κ3) is 5.23. The smallest absolute Gasteiger partial charge is 0.314 e. The van der Waals surface area contributed by atoms with Crippen molar-refractivity contribution in [3.8, 4) is 0 Å². The van der Waals surface area contributed by atoms with E-state index < -0.39 is 6.10 Å². The second kappa shape index (κ2) is 7.66. The van der Waals surface area contributed by atoms with Crippen LogP contribution in [0.25, 0.3) is 10.9 Å². The van der Waals surface area contributed by atoms with Crippen molar-refractivity contribution in [3.05, 3.63) is 35.8 Å². The molecule has 0 fully saturated rings. The molecular weight excluding hydrogens is 309 g/mol. The summed E-state index contributed by atoms with van der Waals surface area (Å²) >= 11 is 0. The number of aromatic nitrogens is 1. The Bertz CT molecular complexity index is 695. The number of halogens is 1. The Kier molecular flexibility index (Phi) is 5.83. The normalized spacial score (nSPS) is 13.0. The molecule has 0 aliphatic carbocycles. The van der Waals surface area contributed by atoms with Gasteiger partial charge in [-0.05, 0) is 48.9 Å². The first-order chi connectivity index (χ1) is 11.3. The molecule has 1 aromatic heterocycles. The maximum absolute atomic E-state index is 13.3. The van der Waals surface area contributed by atoms with Crippen molar-refractivity contribution >= 4 is 16.9 Å². The van der Waals surface area contributed by atoms with Crippen LogP contribution in [-0.2, 0) is 6.42 Å². The molecule has 1 unspecified atom stereocenters. The van der Waals surface area contributed by atoms with Crippen LogP contribution < -0.4 is 10.6 Å². The van der Waals surface area contributed by atoms with Gasteiger partial charge in [-0.25, -0.2) is 9.18 Å². The Morgan fingerprint density at radius 1 is 1.38 bits per heavy atom. The number of urea groups is 1. The van der Waals surface area contributed by atoms with Crippen LogP contribution in [0.1, 0.15) is 32.8 Å². The second-order valence-electron chi connectivity index (χ2n) is 7.08. The lowest BCUT2D eigenvalue weighted by molar-refractivity contribution is 0.129. The summed E-state index contributed by atoms with van der Waals surface area (Å²) in [5.74, 6) is -0.269. The summed E-state index contributed by atoms with van der Waals surface area (Å²) in [5, 5.41) is 15.9. The molecule has 0 saturated carbocycles. The predicted molar refractivity (Wildman–Crippen MR) is 93.4 cm³/mol. The molecule has 0 aliphatic heterocycles. The highest BCUT2D eigenvalue weighted by Gasteiger charge is 2.20. The predicted octanol–water partition coefficient (Wildman–Crippen LogP) is 2.95. The molecule has 24 heavy (non-hydrogen) atoms. The zero-order valence-corrected chi connectivity index (χ0v) is 14.4. The van der Waals surface area contributed by atoms with E-state index in [-0.39, 0.29) is 17.3 Å². The van der Waals surface area contributed by atoms with Gasteiger partial charge in [0.25, 0.3) is 0 Å². The van der Waals surface area contributed by atoms with E-state index in [4.69, 9.17) is 0 Å². The van der Waals surface area contributed by atoms with Crippen molar-refractivity contribution in [2.24, 2.45) is 5.41 Å². The molecule has 4 N–H and O–H groups in total. The molecule has 0 radical (unpaired) electrons. The lowest BCUT2D eigenvalue weighted by Crippen LogP contribution is -2.42. The molecule has 0 saturated heterocycles. The third-order valence-corrected chi connectivity index (χ3v) is 3.98. The molecule has 6 heteroatoms. The van der Waals surface area contributed by atoms with Crippen molar-refractivity contribution in [1.29, 1.82) is 0 Å². The molecule has 1 heterocycles. The first kappa shape index (κ1) is 18.3. The Morgan fingerprint density at radius 3 is 2.83 bits per heavy atom. The topological polar surface area (TPSA) is 77.2 Å². The largest absolute Gasteiger partial charge is 0.393 e. The molecule has 1 aromatic carbocycles. The number of nitrogens with one attached hydrogen (secondary N) is 3. The molecule has 0 spiro atoms. The molecule has 5 nitrogen and oxygen atoms in total. The van der Waals surface area contributed by atoms with E-state index in [1.165, 1.54) is 12.1 Å². The number of hydrogen-bond acceptors (Lipinski definition) is 2. The third-order valence-electron chi connectivity index (χ3n) is 3.98. The molecule has 132 valence electrons. The van der Waals surface area contributed by atoms with E-state index in [2.05, 4.69) is 15.6 Å². The average Bonchev–Trinajstić information content (AvgIpc) is 2.86. The van der Waals surface area contributed by atoms with E-state index >= 15 is 0 Å². The molecule has 2 rings (SSSR count). The van der Waals surface area contributed by atoms with Crippen molar-refractivity contribution in [1.82, 2.24) is 15.6 Å². The molecule has 2 amide bonds. The fourth-order valence-electron chi connectivity index (χ4n) is 2.92. The minimum absolute atomic E-state index is 0.167. The maximum atomic E-state index is 13.3. The van der Waals surface area contributed by atoms with Crippen LogP contribution in [0.15, 0.2) is 24.4 Å². The standard InChI is InChI=1S/C18H26FN3O2/c1-12(23)9-18(2,3)11-22-17(24)20-7-6-13-10-21-16-5-4-14(19)8-15(13)16/h4-5,8,10,12,21,23H,6-7,9,11H2,1-3H3,(H2,20,22,24). The van der Waals surface area contributed by atoms with Gasteiger partial charge in [-0.1, -0.05) is 13.8 Å². The number of carbonyl (C=O) groups is 1. The quantitative estimate of drug-likeness (QED) is 0.628. The molecule has 1 atom stereocenters. The summed E-state index contributed by atoms with van der Waals surface area (Å²) in [4.78, 5) is 15.0. The summed E-state index contributed by atoms with van der Waals surface area (Å²) in [6.07, 6.45) is 2.68. The van der Waals surface area contributed by atoms with E-state index in [1.54, 1.807) is 13.0 Å². The van der Waals surface area contributed by atoms with Gasteiger partial charge in [0.2, 0.25) is 0 Å². The maximum Gasteiger partial charge on any atom is 0.314 e. The van der Waals surface area contributed by atoms with Crippen LogP contribution in [0.5, 0.6) is 0 Å². The highest BCUT2D eigenvalue weighted by molar-refractivity contribution is 5.83. The van der Waals surface area contributed by atoms with Crippen LogP contribution in [0.3, 0.4) is 0 Å². The summed E-state index contributed by atoms with van der Waals surface area (Å²) in [5.41, 5.74) is 1.69. The van der Waals surface area contributed by atoms with Gasteiger partial charge in [-0.2, -0.15) is 0 Å². The van der Waals surface area contributed by atoms with Crippen molar-refractivity contribution < 1.29 is 14.3 Å². The number of benzene rings is 1. The van der Waals surface area contributed by atoms with Crippen LogP contribution in [0.2, 0.25) is 0 Å². The van der Waals surface area contributed by atoms with E-state index in [0.29, 0.717) is 25.9 Å². The van der Waals surface area contributed by atoms with Gasteiger partial charge in [0.15, 0.2) is 0 Å². The minimum Gasteiger partial charge on any atom is -0.393 e. The first-order valence-electron chi connectivity index (χ1n) is 8.22. The molecule has 2 aromatic rings. The van der Waals surface area contributed by atoms with E-state index in [0.717, 1.165) is 16.5 Å². The molecule has 0 aliphatic rings. The van der Waals surface area contributed by atoms with E-state index in [1.807, 2.05) is 20.0 Å². The van der Waals surface area contributed by atoms with Gasteiger partial charge in [-0.3, -0.25) is 0 Å². The Morgan fingerprint density at radius 2 is 2.12 bits per heavy atom. The monoisotopic (exact) mass is 335 g/mol. The Balaban J connectivity index is 1.79. The molecule has 0 bridgehead atoms. The van der Waals surface area contributed by atoms with Crippen molar-refractivity contribution in [2.75, 3.05) is 13.1 Å². The number of aliphatic hydroxyl groups excluding tert-OH is 1. The van der Waals surface area contributed by atoms with Crippen LogP contribution in [0, 0.1) is 11.2 Å². The fourth-order valence-corrected chi connectivity index (χ4v) is 2.92. The number of carbonyl (C=O) groups excluding carboxylic acids is 1. The van der Waals surface area contributed by atoms with Gasteiger partial charge in [-0.15, -0.1) is 0 Å². The number of H-pyrrole nitrogens is 1. The lowest BCUT2D eigenvalue weighted by Gasteiger charge is -2.26. The van der Waals surface area contributed by atoms with Crippen molar-refractivity contribution in [3.63, 3.8) is 0 Å². The van der Waals surface area contributed by atoms with Gasteiger partial charge in [0.1, 0.15) is 5.82 Å². The van der Waals surface area contributed by atoms with E-state index in [9.17, 15) is 14.3 Å². The fraction of sp³-hybridized carbons (Fsp3) is 0.500. The summed E-state index contributed by atoms with van der Waals surface area (Å²) in [7, 11) is 0. The number of rotatable bonds is 7. The van der Waals surface area contributed by atoms with Crippen molar-refractivity contribution in [2.45, 2.75) is 39.7 Å². The van der Waals surface area contributed by atoms with Gasteiger partial charge >= 0.3 is 6.03 Å². The summed E-state index contributed by atoms with van der Waals surface area (Å²) < 4.78 is 13.3. The Labute approximate surface area is 141 Å². The Hall–Kier alpha value is -2.08. The number of aliphatic hydroxyl groups is 1. The zero-order chi connectivity index (χ0) is 17.7. The van der Waals surface area contributed by atoms with Crippen LogP contribution in [0.4, 0.5) is 9.18 Å². The van der Waals surface area contributed by atoms with Gasteiger partial charge in [0.05, 0.1) is 6.10 Å². The summed E-state index contributed by atoms with van der Waals surface area (Å²) in [6, 6.07) is 4.39. The van der Waals surface area contributed by atoms with Crippen LogP contribution in [-0.4, -0.2) is 35.3 Å². The number of hydrogen-bond donors (Lipinski definition) is 4. The minimum atomic E-state index is -0.396. The zero-order valence-electron chi connectivity index (χ0n) is 14.4. The lowest BCUT2D eigenvalue weighted by atomic mass is 9.87.